The highest BCUT2D eigenvalue weighted by Gasteiger charge is 2.12. The van der Waals surface area contributed by atoms with Crippen molar-refractivity contribution >= 4 is 0 Å². The SMILES string of the molecule is NCOC1CCNC1. The maximum atomic E-state index is 5.16. The molecule has 48 valence electrons. The fourth-order valence-corrected chi connectivity index (χ4v) is 0.907. The molecule has 1 unspecified atom stereocenters. The highest BCUT2D eigenvalue weighted by Crippen LogP contribution is 2.00. The predicted octanol–water partition coefficient (Wildman–Crippen LogP) is -0.719. The number of nitrogens with two attached hydrogens (primary N) is 1. The summed E-state index contributed by atoms with van der Waals surface area (Å²) in [6.07, 6.45) is 1.48. The maximum Gasteiger partial charge on any atom is 0.0944 e. The molecule has 0 radical (unpaired) electrons. The van der Waals surface area contributed by atoms with Crippen molar-refractivity contribution in [2.24, 2.45) is 5.73 Å². The first-order chi connectivity index (χ1) is 3.93. The molecule has 0 spiro atoms. The summed E-state index contributed by atoms with van der Waals surface area (Å²) in [4.78, 5) is 0. The first kappa shape index (κ1) is 6.01. The highest BCUT2D eigenvalue weighted by molar-refractivity contribution is 4.70. The van der Waals surface area contributed by atoms with Crippen LogP contribution in [0.25, 0.3) is 0 Å². The summed E-state index contributed by atoms with van der Waals surface area (Å²) in [7, 11) is 0. The minimum absolute atomic E-state index is 0.354. The van der Waals surface area contributed by atoms with E-state index in [2.05, 4.69) is 5.32 Å². The Hall–Kier alpha value is -0.120. The molecule has 3 nitrogen and oxygen atoms in total. The monoisotopic (exact) mass is 116 g/mol. The summed E-state index contributed by atoms with van der Waals surface area (Å²) in [6, 6.07) is 0. The predicted molar refractivity (Wildman–Crippen MR) is 31.4 cm³/mol. The molecule has 0 bridgehead atoms. The van der Waals surface area contributed by atoms with Crippen LogP contribution in [-0.4, -0.2) is 25.9 Å². The van der Waals surface area contributed by atoms with E-state index >= 15 is 0 Å². The van der Waals surface area contributed by atoms with Gasteiger partial charge < -0.3 is 15.8 Å². The maximum absolute atomic E-state index is 5.16. The van der Waals surface area contributed by atoms with Crippen LogP contribution < -0.4 is 11.1 Å². The number of ether oxygens (including phenoxy) is 1. The van der Waals surface area contributed by atoms with Crippen LogP contribution in [0, 0.1) is 0 Å². The standard InChI is InChI=1S/C5H12N2O/c6-4-8-5-1-2-7-3-5/h5,7H,1-4,6H2. The Kier molecular flexibility index (Phi) is 2.27. The normalized spacial score (nSPS) is 28.9. The number of hydrogen-bond acceptors (Lipinski definition) is 3. The van der Waals surface area contributed by atoms with E-state index in [0.29, 0.717) is 12.8 Å². The van der Waals surface area contributed by atoms with Crippen LogP contribution >= 0.6 is 0 Å². The third-order valence-corrected chi connectivity index (χ3v) is 1.35. The van der Waals surface area contributed by atoms with E-state index in [-0.39, 0.29) is 0 Å². The van der Waals surface area contributed by atoms with Crippen molar-refractivity contribution in [2.75, 3.05) is 19.8 Å². The summed E-state index contributed by atoms with van der Waals surface area (Å²) < 4.78 is 5.12. The Labute approximate surface area is 49.2 Å². The first-order valence-corrected chi connectivity index (χ1v) is 2.96. The summed E-state index contributed by atoms with van der Waals surface area (Å²) in [6.45, 7) is 2.40. The molecule has 1 atom stereocenters. The average Bonchev–Trinajstić information content (AvgIpc) is 2.19. The molecule has 0 aromatic heterocycles. The molecule has 0 aromatic rings. The highest BCUT2D eigenvalue weighted by atomic mass is 16.5. The van der Waals surface area contributed by atoms with Crippen LogP contribution in [0.4, 0.5) is 0 Å². The van der Waals surface area contributed by atoms with Crippen LogP contribution in [0.1, 0.15) is 6.42 Å². The van der Waals surface area contributed by atoms with Gasteiger partial charge in [0.1, 0.15) is 0 Å². The Morgan fingerprint density at radius 3 is 3.12 bits per heavy atom. The van der Waals surface area contributed by atoms with Crippen LogP contribution in [0.3, 0.4) is 0 Å². The van der Waals surface area contributed by atoms with Crippen molar-refractivity contribution in [3.05, 3.63) is 0 Å². The van der Waals surface area contributed by atoms with Gasteiger partial charge in [-0.25, -0.2) is 0 Å². The molecular weight excluding hydrogens is 104 g/mol. The molecule has 3 N–H and O–H groups in total. The minimum atomic E-state index is 0.354. The minimum Gasteiger partial charge on any atom is -0.362 e. The zero-order valence-electron chi connectivity index (χ0n) is 4.89. The quantitative estimate of drug-likeness (QED) is 0.468. The van der Waals surface area contributed by atoms with E-state index in [4.69, 9.17) is 10.5 Å². The van der Waals surface area contributed by atoms with Gasteiger partial charge in [-0.2, -0.15) is 0 Å². The van der Waals surface area contributed by atoms with E-state index in [0.717, 1.165) is 19.5 Å². The smallest absolute Gasteiger partial charge is 0.0944 e. The number of hydrogen-bond donors (Lipinski definition) is 2. The summed E-state index contributed by atoms with van der Waals surface area (Å²) in [5.74, 6) is 0. The Bertz CT molecular complexity index is 61.4. The van der Waals surface area contributed by atoms with Crippen molar-refractivity contribution in [3.8, 4) is 0 Å². The Morgan fingerprint density at radius 2 is 2.62 bits per heavy atom. The van der Waals surface area contributed by atoms with Crippen LogP contribution in [0.5, 0.6) is 0 Å². The Balaban J connectivity index is 2.06. The van der Waals surface area contributed by atoms with Crippen LogP contribution in [-0.2, 0) is 4.74 Å². The van der Waals surface area contributed by atoms with Crippen LogP contribution in [0.15, 0.2) is 0 Å². The molecule has 8 heavy (non-hydrogen) atoms. The summed E-state index contributed by atoms with van der Waals surface area (Å²) in [5, 5.41) is 3.18. The van der Waals surface area contributed by atoms with Gasteiger partial charge >= 0.3 is 0 Å². The zero-order chi connectivity index (χ0) is 5.82. The average molecular weight is 116 g/mol. The van der Waals surface area contributed by atoms with E-state index in [1.165, 1.54) is 0 Å². The lowest BCUT2D eigenvalue weighted by Crippen LogP contribution is -2.20. The van der Waals surface area contributed by atoms with Gasteiger partial charge in [-0.05, 0) is 13.0 Å². The summed E-state index contributed by atoms with van der Waals surface area (Å²) in [5.41, 5.74) is 5.16. The second-order valence-electron chi connectivity index (χ2n) is 1.95. The van der Waals surface area contributed by atoms with Crippen molar-refractivity contribution in [3.63, 3.8) is 0 Å². The lowest BCUT2D eigenvalue weighted by molar-refractivity contribution is 0.0722. The van der Waals surface area contributed by atoms with Gasteiger partial charge in [0.05, 0.1) is 12.8 Å². The third-order valence-electron chi connectivity index (χ3n) is 1.35. The topological polar surface area (TPSA) is 47.3 Å². The van der Waals surface area contributed by atoms with Gasteiger partial charge in [-0.15, -0.1) is 0 Å². The molecule has 1 fully saturated rings. The third kappa shape index (κ3) is 1.43. The Morgan fingerprint density at radius 1 is 1.75 bits per heavy atom. The fourth-order valence-electron chi connectivity index (χ4n) is 0.907. The molecule has 0 amide bonds. The first-order valence-electron chi connectivity index (χ1n) is 2.96. The second-order valence-corrected chi connectivity index (χ2v) is 1.95. The van der Waals surface area contributed by atoms with Gasteiger partial charge in [0.25, 0.3) is 0 Å². The van der Waals surface area contributed by atoms with E-state index < -0.39 is 0 Å². The lowest BCUT2D eigenvalue weighted by Gasteiger charge is -2.05. The molecule has 1 rings (SSSR count). The van der Waals surface area contributed by atoms with E-state index in [1.807, 2.05) is 0 Å². The molecule has 1 aliphatic rings. The van der Waals surface area contributed by atoms with Crippen molar-refractivity contribution in [2.45, 2.75) is 12.5 Å². The van der Waals surface area contributed by atoms with E-state index in [1.54, 1.807) is 0 Å². The van der Waals surface area contributed by atoms with Crippen molar-refractivity contribution in [1.82, 2.24) is 5.32 Å². The molecule has 1 heterocycles. The molecular formula is C5H12N2O. The second kappa shape index (κ2) is 3.02. The number of nitrogens with one attached hydrogen (secondary N) is 1. The molecule has 0 aromatic carbocycles. The molecule has 0 saturated carbocycles. The van der Waals surface area contributed by atoms with E-state index in [9.17, 15) is 0 Å². The van der Waals surface area contributed by atoms with Crippen LogP contribution in [0.2, 0.25) is 0 Å². The van der Waals surface area contributed by atoms with Gasteiger partial charge in [-0.3, -0.25) is 0 Å². The van der Waals surface area contributed by atoms with Gasteiger partial charge in [0.2, 0.25) is 0 Å². The van der Waals surface area contributed by atoms with Crippen molar-refractivity contribution in [1.29, 1.82) is 0 Å². The van der Waals surface area contributed by atoms with Gasteiger partial charge in [-0.1, -0.05) is 0 Å². The number of rotatable bonds is 2. The van der Waals surface area contributed by atoms with Gasteiger partial charge in [0, 0.05) is 6.54 Å². The molecule has 1 aliphatic heterocycles. The summed E-state index contributed by atoms with van der Waals surface area (Å²) >= 11 is 0. The lowest BCUT2D eigenvalue weighted by atomic mass is 10.3. The molecule has 3 heteroatoms. The molecule has 1 saturated heterocycles. The van der Waals surface area contributed by atoms with Crippen molar-refractivity contribution < 1.29 is 4.74 Å². The molecule has 0 aliphatic carbocycles. The fraction of sp³-hybridized carbons (Fsp3) is 1.00. The van der Waals surface area contributed by atoms with Gasteiger partial charge in [0.15, 0.2) is 0 Å². The zero-order valence-corrected chi connectivity index (χ0v) is 4.89. The largest absolute Gasteiger partial charge is 0.362 e.